The Bertz CT molecular complexity index is 497. The Morgan fingerprint density at radius 3 is 2.62 bits per heavy atom. The zero-order valence-corrected chi connectivity index (χ0v) is 12.6. The SMILES string of the molecule is Cc1cc(N)cc(C(=O)NCCN2CCCCCC2)c1F. The van der Waals surface area contributed by atoms with Gasteiger partial charge in [0.2, 0.25) is 0 Å². The molecule has 3 N–H and O–H groups in total. The van der Waals surface area contributed by atoms with Crippen molar-refractivity contribution in [1.29, 1.82) is 0 Å². The lowest BCUT2D eigenvalue weighted by atomic mass is 10.1. The van der Waals surface area contributed by atoms with Crippen molar-refractivity contribution in [2.45, 2.75) is 32.6 Å². The first-order valence-corrected chi connectivity index (χ1v) is 7.64. The molecule has 1 saturated heterocycles. The number of nitrogens with two attached hydrogens (primary N) is 1. The number of nitrogen functional groups attached to an aromatic ring is 1. The Morgan fingerprint density at radius 2 is 1.95 bits per heavy atom. The van der Waals surface area contributed by atoms with Crippen molar-refractivity contribution in [3.63, 3.8) is 0 Å². The minimum atomic E-state index is -0.489. The van der Waals surface area contributed by atoms with Gasteiger partial charge in [-0.25, -0.2) is 4.39 Å². The number of halogens is 1. The summed E-state index contributed by atoms with van der Waals surface area (Å²) in [5.74, 6) is -0.880. The third-order valence-electron chi connectivity index (χ3n) is 3.93. The Morgan fingerprint density at radius 1 is 1.29 bits per heavy atom. The van der Waals surface area contributed by atoms with Crippen LogP contribution in [0.15, 0.2) is 12.1 Å². The molecule has 1 aliphatic heterocycles. The Balaban J connectivity index is 1.87. The summed E-state index contributed by atoms with van der Waals surface area (Å²) < 4.78 is 13.9. The fourth-order valence-corrected chi connectivity index (χ4v) is 2.75. The number of nitrogens with zero attached hydrogens (tertiary/aromatic N) is 1. The number of carbonyl (C=O) groups excluding carboxylic acids is 1. The molecule has 0 saturated carbocycles. The van der Waals surface area contributed by atoms with E-state index in [0.717, 1.165) is 19.6 Å². The van der Waals surface area contributed by atoms with Gasteiger partial charge in [-0.05, 0) is 50.6 Å². The van der Waals surface area contributed by atoms with E-state index in [1.54, 1.807) is 6.92 Å². The molecule has 1 aromatic carbocycles. The summed E-state index contributed by atoms with van der Waals surface area (Å²) in [4.78, 5) is 14.4. The molecule has 1 aromatic rings. The number of rotatable bonds is 4. The molecule has 0 bridgehead atoms. The first-order valence-electron chi connectivity index (χ1n) is 7.64. The first-order chi connectivity index (χ1) is 10.1. The number of benzene rings is 1. The molecular weight excluding hydrogens is 269 g/mol. The van der Waals surface area contributed by atoms with Crippen LogP contribution in [0.4, 0.5) is 10.1 Å². The predicted octanol–water partition coefficient (Wildman–Crippen LogP) is 2.32. The van der Waals surface area contributed by atoms with E-state index in [1.807, 2.05) is 0 Å². The van der Waals surface area contributed by atoms with Gasteiger partial charge >= 0.3 is 0 Å². The van der Waals surface area contributed by atoms with Crippen molar-refractivity contribution in [1.82, 2.24) is 10.2 Å². The lowest BCUT2D eigenvalue weighted by Crippen LogP contribution is -2.35. The third-order valence-corrected chi connectivity index (χ3v) is 3.93. The van der Waals surface area contributed by atoms with Crippen molar-refractivity contribution in [3.8, 4) is 0 Å². The summed E-state index contributed by atoms with van der Waals surface area (Å²) in [7, 11) is 0. The van der Waals surface area contributed by atoms with E-state index in [4.69, 9.17) is 5.73 Å². The molecule has 1 heterocycles. The summed E-state index contributed by atoms with van der Waals surface area (Å²) in [6.07, 6.45) is 5.02. The Hall–Kier alpha value is -1.62. The summed E-state index contributed by atoms with van der Waals surface area (Å²) in [5, 5.41) is 2.79. The van der Waals surface area contributed by atoms with Crippen molar-refractivity contribution in [2.75, 3.05) is 31.9 Å². The molecule has 0 radical (unpaired) electrons. The summed E-state index contributed by atoms with van der Waals surface area (Å²) in [5.41, 5.74) is 6.51. The normalized spacial score (nSPS) is 16.5. The standard InChI is InChI=1S/C16H24FN3O/c1-12-10-13(18)11-14(15(12)17)16(21)19-6-9-20-7-4-2-3-5-8-20/h10-11H,2-9,18H2,1H3,(H,19,21). The van der Waals surface area contributed by atoms with Crippen LogP contribution in [0.25, 0.3) is 0 Å². The van der Waals surface area contributed by atoms with Gasteiger partial charge in [-0.15, -0.1) is 0 Å². The van der Waals surface area contributed by atoms with Crippen LogP contribution in [0.3, 0.4) is 0 Å². The van der Waals surface area contributed by atoms with E-state index in [9.17, 15) is 9.18 Å². The minimum absolute atomic E-state index is 0.0309. The van der Waals surface area contributed by atoms with Gasteiger partial charge in [-0.1, -0.05) is 12.8 Å². The van der Waals surface area contributed by atoms with Gasteiger partial charge in [0.15, 0.2) is 0 Å². The Kier molecular flexibility index (Phi) is 5.56. The third kappa shape index (κ3) is 4.43. The molecule has 21 heavy (non-hydrogen) atoms. The second kappa shape index (κ2) is 7.41. The van der Waals surface area contributed by atoms with Crippen molar-refractivity contribution < 1.29 is 9.18 Å². The second-order valence-electron chi connectivity index (χ2n) is 5.71. The number of hydrogen-bond donors (Lipinski definition) is 2. The van der Waals surface area contributed by atoms with Crippen molar-refractivity contribution in [2.24, 2.45) is 0 Å². The van der Waals surface area contributed by atoms with Crippen LogP contribution in [-0.2, 0) is 0 Å². The van der Waals surface area contributed by atoms with Gasteiger partial charge in [-0.2, -0.15) is 0 Å². The maximum atomic E-state index is 13.9. The van der Waals surface area contributed by atoms with Gasteiger partial charge in [0, 0.05) is 18.8 Å². The number of hydrogen-bond acceptors (Lipinski definition) is 3. The molecule has 0 atom stereocenters. The number of likely N-dealkylation sites (tertiary alicyclic amines) is 1. The smallest absolute Gasteiger partial charge is 0.254 e. The van der Waals surface area contributed by atoms with Crippen LogP contribution < -0.4 is 11.1 Å². The van der Waals surface area contributed by atoms with E-state index in [-0.39, 0.29) is 5.56 Å². The zero-order chi connectivity index (χ0) is 15.2. The van der Waals surface area contributed by atoms with Crippen molar-refractivity contribution >= 4 is 11.6 Å². The van der Waals surface area contributed by atoms with Gasteiger partial charge in [0.05, 0.1) is 5.56 Å². The fourth-order valence-electron chi connectivity index (χ4n) is 2.75. The number of nitrogens with one attached hydrogen (secondary N) is 1. The molecule has 0 unspecified atom stereocenters. The predicted molar refractivity (Wildman–Crippen MR) is 82.8 cm³/mol. The molecule has 0 spiro atoms. The van der Waals surface area contributed by atoms with Crippen LogP contribution in [0.5, 0.6) is 0 Å². The number of aryl methyl sites for hydroxylation is 1. The molecule has 1 aliphatic rings. The van der Waals surface area contributed by atoms with Crippen LogP contribution in [0.2, 0.25) is 0 Å². The van der Waals surface area contributed by atoms with Crippen LogP contribution >= 0.6 is 0 Å². The molecule has 0 aromatic heterocycles. The van der Waals surface area contributed by atoms with E-state index < -0.39 is 11.7 Å². The second-order valence-corrected chi connectivity index (χ2v) is 5.71. The summed E-state index contributed by atoms with van der Waals surface area (Å²) in [6.45, 7) is 5.13. The average molecular weight is 293 g/mol. The highest BCUT2D eigenvalue weighted by Crippen LogP contribution is 2.17. The van der Waals surface area contributed by atoms with Crippen LogP contribution in [-0.4, -0.2) is 37.0 Å². The highest BCUT2D eigenvalue weighted by molar-refractivity contribution is 5.95. The van der Waals surface area contributed by atoms with E-state index in [0.29, 0.717) is 17.8 Å². The highest BCUT2D eigenvalue weighted by atomic mass is 19.1. The zero-order valence-electron chi connectivity index (χ0n) is 12.6. The molecule has 1 amide bonds. The lowest BCUT2D eigenvalue weighted by Gasteiger charge is -2.19. The van der Waals surface area contributed by atoms with Gasteiger partial charge in [0.25, 0.3) is 5.91 Å². The maximum Gasteiger partial charge on any atom is 0.254 e. The quantitative estimate of drug-likeness (QED) is 0.838. The molecule has 1 fully saturated rings. The van der Waals surface area contributed by atoms with E-state index in [1.165, 1.54) is 37.8 Å². The number of carbonyl (C=O) groups is 1. The molecule has 0 aliphatic carbocycles. The minimum Gasteiger partial charge on any atom is -0.399 e. The van der Waals surface area contributed by atoms with E-state index >= 15 is 0 Å². The Labute approximate surface area is 125 Å². The molecular formula is C16H24FN3O. The van der Waals surface area contributed by atoms with Crippen LogP contribution in [0.1, 0.15) is 41.6 Å². The topological polar surface area (TPSA) is 58.4 Å². The number of amides is 1. The maximum absolute atomic E-state index is 13.9. The molecule has 116 valence electrons. The van der Waals surface area contributed by atoms with Gasteiger partial charge in [-0.3, -0.25) is 4.79 Å². The van der Waals surface area contributed by atoms with Gasteiger partial charge in [0.1, 0.15) is 5.82 Å². The van der Waals surface area contributed by atoms with Crippen LogP contribution in [0, 0.1) is 12.7 Å². The monoisotopic (exact) mass is 293 g/mol. The number of anilines is 1. The largest absolute Gasteiger partial charge is 0.399 e. The lowest BCUT2D eigenvalue weighted by molar-refractivity contribution is 0.0944. The average Bonchev–Trinajstić information content (AvgIpc) is 2.71. The molecule has 2 rings (SSSR count). The first kappa shape index (κ1) is 15.8. The van der Waals surface area contributed by atoms with Gasteiger partial charge < -0.3 is 16.0 Å². The summed E-state index contributed by atoms with van der Waals surface area (Å²) in [6, 6.07) is 2.92. The summed E-state index contributed by atoms with van der Waals surface area (Å²) >= 11 is 0. The molecule has 5 heteroatoms. The fraction of sp³-hybridized carbons (Fsp3) is 0.562. The van der Waals surface area contributed by atoms with Crippen molar-refractivity contribution in [3.05, 3.63) is 29.1 Å². The van der Waals surface area contributed by atoms with E-state index in [2.05, 4.69) is 10.2 Å². The highest BCUT2D eigenvalue weighted by Gasteiger charge is 2.15. The molecule has 4 nitrogen and oxygen atoms in total.